The van der Waals surface area contributed by atoms with Crippen LogP contribution in [0, 0.1) is 11.9 Å². The number of nitrogens with zero attached hydrogens (tertiary/aromatic N) is 1. The SMILES string of the molecule is CC(=O)N[C@@H](C)COC1CCC(OCc2ccc(OCC3CC3)nc2F)CC1. The molecule has 0 bridgehead atoms. The van der Waals surface area contributed by atoms with Crippen LogP contribution < -0.4 is 10.1 Å². The summed E-state index contributed by atoms with van der Waals surface area (Å²) in [6.07, 6.45) is 6.27. The van der Waals surface area contributed by atoms with Crippen LogP contribution in [0.15, 0.2) is 12.1 Å². The van der Waals surface area contributed by atoms with Crippen molar-refractivity contribution in [2.45, 2.75) is 77.2 Å². The van der Waals surface area contributed by atoms with Crippen LogP contribution in [0.5, 0.6) is 5.88 Å². The second-order valence-electron chi connectivity index (χ2n) is 8.00. The molecule has 1 N–H and O–H groups in total. The number of rotatable bonds is 10. The quantitative estimate of drug-likeness (QED) is 0.616. The van der Waals surface area contributed by atoms with Gasteiger partial charge in [-0.2, -0.15) is 9.37 Å². The molecule has 0 saturated heterocycles. The van der Waals surface area contributed by atoms with Gasteiger partial charge in [-0.05, 0) is 57.4 Å². The number of hydrogen-bond donors (Lipinski definition) is 1. The third-order valence-corrected chi connectivity index (χ3v) is 5.19. The van der Waals surface area contributed by atoms with E-state index >= 15 is 0 Å². The lowest BCUT2D eigenvalue weighted by atomic mass is 9.95. The van der Waals surface area contributed by atoms with Gasteiger partial charge in [-0.3, -0.25) is 4.79 Å². The molecule has 1 aromatic rings. The molecule has 7 heteroatoms. The first kappa shape index (κ1) is 21.0. The van der Waals surface area contributed by atoms with E-state index in [2.05, 4.69) is 10.3 Å². The van der Waals surface area contributed by atoms with Crippen molar-refractivity contribution in [3.8, 4) is 5.88 Å². The van der Waals surface area contributed by atoms with Crippen LogP contribution in [0.1, 0.15) is 57.9 Å². The van der Waals surface area contributed by atoms with Gasteiger partial charge < -0.3 is 19.5 Å². The van der Waals surface area contributed by atoms with Crippen molar-refractivity contribution < 1.29 is 23.4 Å². The second-order valence-corrected chi connectivity index (χ2v) is 8.00. The van der Waals surface area contributed by atoms with Crippen molar-refractivity contribution in [1.82, 2.24) is 10.3 Å². The first-order chi connectivity index (χ1) is 13.5. The van der Waals surface area contributed by atoms with Gasteiger partial charge in [-0.15, -0.1) is 0 Å². The molecule has 0 aliphatic heterocycles. The molecule has 0 spiro atoms. The highest BCUT2D eigenvalue weighted by molar-refractivity contribution is 5.73. The second kappa shape index (κ2) is 10.2. The van der Waals surface area contributed by atoms with E-state index in [1.807, 2.05) is 6.92 Å². The smallest absolute Gasteiger partial charge is 0.221 e. The lowest BCUT2D eigenvalue weighted by Crippen LogP contribution is -2.36. The van der Waals surface area contributed by atoms with Crippen molar-refractivity contribution in [3.05, 3.63) is 23.6 Å². The monoisotopic (exact) mass is 394 g/mol. The number of amides is 1. The zero-order valence-corrected chi connectivity index (χ0v) is 16.8. The first-order valence-corrected chi connectivity index (χ1v) is 10.3. The molecule has 1 atom stereocenters. The van der Waals surface area contributed by atoms with Gasteiger partial charge in [0, 0.05) is 24.6 Å². The molecule has 1 amide bonds. The maximum Gasteiger partial charge on any atom is 0.221 e. The average Bonchev–Trinajstić information content (AvgIpc) is 3.49. The third kappa shape index (κ3) is 7.02. The highest BCUT2D eigenvalue weighted by Gasteiger charge is 2.24. The van der Waals surface area contributed by atoms with Crippen molar-refractivity contribution in [2.24, 2.45) is 5.92 Å². The molecule has 28 heavy (non-hydrogen) atoms. The van der Waals surface area contributed by atoms with Crippen LogP contribution in [0.25, 0.3) is 0 Å². The fourth-order valence-electron chi connectivity index (χ4n) is 3.36. The molecule has 0 radical (unpaired) electrons. The predicted octanol–water partition coefficient (Wildman–Crippen LogP) is 3.38. The number of ether oxygens (including phenoxy) is 3. The van der Waals surface area contributed by atoms with Crippen molar-refractivity contribution >= 4 is 5.91 Å². The van der Waals surface area contributed by atoms with Gasteiger partial charge in [0.1, 0.15) is 0 Å². The Balaban J connectivity index is 1.34. The standard InChI is InChI=1S/C21H31FN2O4/c1-14(23-15(2)25)11-26-18-6-8-19(9-7-18)27-13-17-5-10-20(24-21(17)22)28-12-16-3-4-16/h5,10,14,16,18-19H,3-4,6-9,11-13H2,1-2H3,(H,23,25)/t14-,18?,19?/m0/s1. The molecule has 6 nitrogen and oxygen atoms in total. The normalized spacial score (nSPS) is 23.2. The summed E-state index contributed by atoms with van der Waals surface area (Å²) in [5.74, 6) is 0.398. The minimum Gasteiger partial charge on any atom is -0.477 e. The van der Waals surface area contributed by atoms with Gasteiger partial charge >= 0.3 is 0 Å². The summed E-state index contributed by atoms with van der Waals surface area (Å²) < 4.78 is 31.4. The molecular weight excluding hydrogens is 363 g/mol. The summed E-state index contributed by atoms with van der Waals surface area (Å²) in [6, 6.07) is 3.42. The Morgan fingerprint density at radius 2 is 1.86 bits per heavy atom. The zero-order valence-electron chi connectivity index (χ0n) is 16.8. The lowest BCUT2D eigenvalue weighted by Gasteiger charge is -2.29. The van der Waals surface area contributed by atoms with E-state index in [1.54, 1.807) is 12.1 Å². The van der Waals surface area contributed by atoms with Crippen LogP contribution in [0.3, 0.4) is 0 Å². The number of nitrogens with one attached hydrogen (secondary N) is 1. The highest BCUT2D eigenvalue weighted by Crippen LogP contribution is 2.29. The maximum absolute atomic E-state index is 14.2. The Morgan fingerprint density at radius 1 is 1.18 bits per heavy atom. The van der Waals surface area contributed by atoms with E-state index < -0.39 is 5.95 Å². The van der Waals surface area contributed by atoms with Crippen LogP contribution in [-0.4, -0.2) is 42.4 Å². The number of carbonyl (C=O) groups excluding carboxylic acids is 1. The highest BCUT2D eigenvalue weighted by atomic mass is 19.1. The average molecular weight is 394 g/mol. The van der Waals surface area contributed by atoms with Gasteiger partial charge in [0.05, 0.1) is 32.0 Å². The number of halogens is 1. The third-order valence-electron chi connectivity index (χ3n) is 5.19. The Kier molecular flexibility index (Phi) is 7.62. The van der Waals surface area contributed by atoms with Crippen molar-refractivity contribution in [2.75, 3.05) is 13.2 Å². The Hall–Kier alpha value is -1.73. The molecule has 2 aliphatic rings. The van der Waals surface area contributed by atoms with E-state index in [-0.39, 0.29) is 30.8 Å². The Bertz CT molecular complexity index is 645. The minimum absolute atomic E-state index is 0.0122. The topological polar surface area (TPSA) is 69.7 Å². The number of carbonyl (C=O) groups is 1. The zero-order chi connectivity index (χ0) is 19.9. The van der Waals surface area contributed by atoms with E-state index in [0.717, 1.165) is 25.7 Å². The van der Waals surface area contributed by atoms with E-state index in [4.69, 9.17) is 14.2 Å². The fourth-order valence-corrected chi connectivity index (χ4v) is 3.36. The summed E-state index contributed by atoms with van der Waals surface area (Å²) >= 11 is 0. The lowest BCUT2D eigenvalue weighted by molar-refractivity contribution is -0.120. The fraction of sp³-hybridized carbons (Fsp3) is 0.714. The van der Waals surface area contributed by atoms with Gasteiger partial charge in [0.15, 0.2) is 0 Å². The number of hydrogen-bond acceptors (Lipinski definition) is 5. The van der Waals surface area contributed by atoms with Gasteiger partial charge in [0.2, 0.25) is 17.7 Å². The van der Waals surface area contributed by atoms with E-state index in [9.17, 15) is 9.18 Å². The van der Waals surface area contributed by atoms with Crippen molar-refractivity contribution in [1.29, 1.82) is 0 Å². The van der Waals surface area contributed by atoms with E-state index in [0.29, 0.717) is 30.6 Å². The molecule has 1 heterocycles. The minimum atomic E-state index is -0.516. The molecular formula is C21H31FN2O4. The maximum atomic E-state index is 14.2. The summed E-state index contributed by atoms with van der Waals surface area (Å²) in [7, 11) is 0. The summed E-state index contributed by atoms with van der Waals surface area (Å²) in [5.41, 5.74) is 0.460. The molecule has 2 aliphatic carbocycles. The summed E-state index contributed by atoms with van der Waals surface area (Å²) in [4.78, 5) is 14.9. The van der Waals surface area contributed by atoms with Gasteiger partial charge in [-0.1, -0.05) is 0 Å². The van der Waals surface area contributed by atoms with E-state index in [1.165, 1.54) is 19.8 Å². The number of aromatic nitrogens is 1. The number of pyridine rings is 1. The molecule has 1 aromatic heterocycles. The summed E-state index contributed by atoms with van der Waals surface area (Å²) in [5, 5.41) is 2.82. The molecule has 3 rings (SSSR count). The van der Waals surface area contributed by atoms with Crippen LogP contribution in [0.4, 0.5) is 4.39 Å². The van der Waals surface area contributed by atoms with Gasteiger partial charge in [0.25, 0.3) is 0 Å². The van der Waals surface area contributed by atoms with Gasteiger partial charge in [-0.25, -0.2) is 0 Å². The Labute approximate surface area is 166 Å². The largest absolute Gasteiger partial charge is 0.477 e. The van der Waals surface area contributed by atoms with Crippen LogP contribution >= 0.6 is 0 Å². The molecule has 156 valence electrons. The van der Waals surface area contributed by atoms with Crippen molar-refractivity contribution in [3.63, 3.8) is 0 Å². The molecule has 0 unspecified atom stereocenters. The predicted molar refractivity (Wildman–Crippen MR) is 102 cm³/mol. The molecule has 2 fully saturated rings. The van der Waals surface area contributed by atoms with Crippen LogP contribution in [-0.2, 0) is 20.9 Å². The van der Waals surface area contributed by atoms with Crippen LogP contribution in [0.2, 0.25) is 0 Å². The first-order valence-electron chi connectivity index (χ1n) is 10.3. The molecule has 2 saturated carbocycles. The summed E-state index contributed by atoms with van der Waals surface area (Å²) in [6.45, 7) is 4.80. The molecule has 0 aromatic carbocycles. The Morgan fingerprint density at radius 3 is 2.46 bits per heavy atom.